The monoisotopic (exact) mass is 220 g/mol. The summed E-state index contributed by atoms with van der Waals surface area (Å²) in [5.41, 5.74) is 0.340. The van der Waals surface area contributed by atoms with E-state index >= 15 is 0 Å². The largest absolute Gasteiger partial charge is 0.0968 e. The van der Waals surface area contributed by atoms with Crippen LogP contribution < -0.4 is 0 Å². The first-order valence-corrected chi connectivity index (χ1v) is 6.75. The zero-order valence-corrected chi connectivity index (χ0v) is 12.0. The van der Waals surface area contributed by atoms with Gasteiger partial charge in [-0.3, -0.25) is 0 Å². The first kappa shape index (κ1) is 13.6. The van der Waals surface area contributed by atoms with Gasteiger partial charge in [-0.2, -0.15) is 0 Å². The predicted octanol–water partition coefficient (Wildman–Crippen LogP) is 4.89. The smallest absolute Gasteiger partial charge is 0.0286 e. The van der Waals surface area contributed by atoms with E-state index < -0.39 is 0 Å². The van der Waals surface area contributed by atoms with E-state index in [-0.39, 0.29) is 10.8 Å². The highest BCUT2D eigenvalue weighted by molar-refractivity contribution is 5.15. The van der Waals surface area contributed by atoms with Gasteiger partial charge in [-0.1, -0.05) is 31.6 Å². The topological polar surface area (TPSA) is 0 Å². The van der Waals surface area contributed by atoms with Crippen molar-refractivity contribution < 1.29 is 0 Å². The number of rotatable bonds is 1. The Morgan fingerprint density at radius 1 is 0.812 bits per heavy atom. The lowest BCUT2D eigenvalue weighted by Crippen LogP contribution is -2.27. The fourth-order valence-corrected chi connectivity index (χ4v) is 2.43. The molecule has 0 aromatic rings. The minimum Gasteiger partial charge on any atom is -0.0968 e. The van der Waals surface area contributed by atoms with Crippen LogP contribution in [-0.4, -0.2) is 0 Å². The number of hydrogen-bond donors (Lipinski definition) is 0. The van der Waals surface area contributed by atoms with Crippen molar-refractivity contribution in [2.45, 2.75) is 67.2 Å². The van der Waals surface area contributed by atoms with Crippen molar-refractivity contribution in [1.29, 1.82) is 0 Å². The molecule has 1 aliphatic rings. The molecule has 0 nitrogen and oxygen atoms in total. The molecule has 16 heavy (non-hydrogen) atoms. The predicted molar refractivity (Wildman–Crippen MR) is 72.1 cm³/mol. The van der Waals surface area contributed by atoms with E-state index in [1.54, 1.807) is 0 Å². The van der Waals surface area contributed by atoms with Gasteiger partial charge in [0.1, 0.15) is 0 Å². The van der Waals surface area contributed by atoms with E-state index in [1.165, 1.54) is 25.7 Å². The van der Waals surface area contributed by atoms with Crippen LogP contribution in [0.2, 0.25) is 0 Å². The van der Waals surface area contributed by atoms with Crippen LogP contribution in [0.4, 0.5) is 0 Å². The van der Waals surface area contributed by atoms with Gasteiger partial charge in [-0.25, -0.2) is 0 Å². The Kier molecular flexibility index (Phi) is 4.11. The van der Waals surface area contributed by atoms with Gasteiger partial charge in [0.25, 0.3) is 0 Å². The summed E-state index contributed by atoms with van der Waals surface area (Å²) in [6.45, 7) is 13.6. The summed E-state index contributed by atoms with van der Waals surface area (Å²) in [6, 6.07) is 0. The van der Waals surface area contributed by atoms with Gasteiger partial charge in [0.2, 0.25) is 0 Å². The molecular formula is C16H28. The molecule has 0 saturated heterocycles. The molecule has 0 heterocycles. The first-order chi connectivity index (χ1) is 7.21. The van der Waals surface area contributed by atoms with Crippen molar-refractivity contribution >= 4 is 0 Å². The van der Waals surface area contributed by atoms with Gasteiger partial charge < -0.3 is 0 Å². The summed E-state index contributed by atoms with van der Waals surface area (Å²) >= 11 is 0. The second-order valence-corrected chi connectivity index (χ2v) is 7.18. The maximum atomic E-state index is 3.53. The Morgan fingerprint density at radius 3 is 1.75 bits per heavy atom. The van der Waals surface area contributed by atoms with Crippen molar-refractivity contribution in [1.82, 2.24) is 0 Å². The molecule has 0 unspecified atom stereocenters. The molecule has 0 N–H and O–H groups in total. The van der Waals surface area contributed by atoms with Gasteiger partial charge in [0, 0.05) is 10.8 Å². The molecule has 0 bridgehead atoms. The van der Waals surface area contributed by atoms with E-state index in [9.17, 15) is 0 Å². The van der Waals surface area contributed by atoms with Gasteiger partial charge in [0.05, 0.1) is 0 Å². The fourth-order valence-electron chi connectivity index (χ4n) is 2.43. The molecule has 0 radical (unpaired) electrons. The second kappa shape index (κ2) is 4.82. The molecule has 1 saturated carbocycles. The lowest BCUT2D eigenvalue weighted by molar-refractivity contribution is 0.188. The van der Waals surface area contributed by atoms with Crippen molar-refractivity contribution in [3.8, 4) is 11.8 Å². The average Bonchev–Trinajstić information content (AvgIpc) is 2.15. The Bertz CT molecular complexity index is 271. The Balaban J connectivity index is 2.66. The molecule has 1 rings (SSSR count). The van der Waals surface area contributed by atoms with Gasteiger partial charge >= 0.3 is 0 Å². The second-order valence-electron chi connectivity index (χ2n) is 7.18. The van der Waals surface area contributed by atoms with Crippen molar-refractivity contribution in [2.75, 3.05) is 0 Å². The third-order valence-corrected chi connectivity index (χ3v) is 3.80. The molecule has 0 aliphatic heterocycles. The fraction of sp³-hybridized carbons (Fsp3) is 0.875. The Hall–Kier alpha value is -0.440. The minimum absolute atomic E-state index is 0.138. The molecule has 0 spiro atoms. The highest BCUT2D eigenvalue weighted by Crippen LogP contribution is 2.39. The lowest BCUT2D eigenvalue weighted by atomic mass is 9.69. The summed E-state index contributed by atoms with van der Waals surface area (Å²) in [5, 5.41) is 0. The van der Waals surface area contributed by atoms with Crippen LogP contribution in [0.1, 0.15) is 67.2 Å². The first-order valence-electron chi connectivity index (χ1n) is 6.75. The van der Waals surface area contributed by atoms with Gasteiger partial charge in [0.15, 0.2) is 0 Å². The minimum atomic E-state index is 0.138. The molecule has 92 valence electrons. The zero-order chi connectivity index (χ0) is 12.4. The maximum Gasteiger partial charge on any atom is 0.0286 e. The van der Waals surface area contributed by atoms with Gasteiger partial charge in [-0.05, 0) is 59.3 Å². The van der Waals surface area contributed by atoms with E-state index in [0.717, 1.165) is 11.8 Å². The summed E-state index contributed by atoms with van der Waals surface area (Å²) in [4.78, 5) is 0. The SMILES string of the molecule is CC1CCC(C(C)(C)C#CC(C)(C)C)CC1. The molecule has 1 fully saturated rings. The number of hydrogen-bond acceptors (Lipinski definition) is 0. The third kappa shape index (κ3) is 4.20. The Morgan fingerprint density at radius 2 is 1.31 bits per heavy atom. The molecule has 0 heteroatoms. The Labute approximate surface area is 102 Å². The standard InChI is InChI=1S/C16H28/c1-13-7-9-14(10-8-13)16(5,6)12-11-15(2,3)4/h13-14H,7-10H2,1-6H3. The van der Waals surface area contributed by atoms with Gasteiger partial charge in [-0.15, -0.1) is 0 Å². The van der Waals surface area contributed by atoms with Crippen LogP contribution in [0.5, 0.6) is 0 Å². The molecular weight excluding hydrogens is 192 g/mol. The van der Waals surface area contributed by atoms with Crippen molar-refractivity contribution in [3.05, 3.63) is 0 Å². The van der Waals surface area contributed by atoms with Crippen LogP contribution in [-0.2, 0) is 0 Å². The van der Waals surface area contributed by atoms with Crippen molar-refractivity contribution in [3.63, 3.8) is 0 Å². The zero-order valence-electron chi connectivity index (χ0n) is 12.0. The quantitative estimate of drug-likeness (QED) is 0.552. The highest BCUT2D eigenvalue weighted by Gasteiger charge is 2.30. The molecule has 0 aromatic carbocycles. The van der Waals surface area contributed by atoms with E-state index in [4.69, 9.17) is 0 Å². The van der Waals surface area contributed by atoms with Crippen LogP contribution in [0, 0.1) is 34.5 Å². The summed E-state index contributed by atoms with van der Waals surface area (Å²) in [5.74, 6) is 8.69. The molecule has 0 atom stereocenters. The molecule has 1 aliphatic carbocycles. The van der Waals surface area contributed by atoms with Crippen LogP contribution in [0.25, 0.3) is 0 Å². The highest BCUT2D eigenvalue weighted by atomic mass is 14.3. The van der Waals surface area contributed by atoms with Crippen molar-refractivity contribution in [2.24, 2.45) is 22.7 Å². The van der Waals surface area contributed by atoms with Crippen LogP contribution >= 0.6 is 0 Å². The van der Waals surface area contributed by atoms with Crippen LogP contribution in [0.3, 0.4) is 0 Å². The van der Waals surface area contributed by atoms with Crippen LogP contribution in [0.15, 0.2) is 0 Å². The van der Waals surface area contributed by atoms with E-state index in [0.29, 0.717) is 0 Å². The summed E-state index contributed by atoms with van der Waals surface area (Å²) in [7, 11) is 0. The summed E-state index contributed by atoms with van der Waals surface area (Å²) < 4.78 is 0. The molecule has 0 aromatic heterocycles. The summed E-state index contributed by atoms with van der Waals surface area (Å²) in [6.07, 6.45) is 5.52. The maximum absolute atomic E-state index is 3.53. The third-order valence-electron chi connectivity index (χ3n) is 3.80. The molecule has 0 amide bonds. The lowest BCUT2D eigenvalue weighted by Gasteiger charge is -2.35. The average molecular weight is 220 g/mol. The van der Waals surface area contributed by atoms with E-state index in [2.05, 4.69) is 53.4 Å². The van der Waals surface area contributed by atoms with E-state index in [1.807, 2.05) is 0 Å². The normalized spacial score (nSPS) is 27.1.